The van der Waals surface area contributed by atoms with E-state index in [1.807, 2.05) is 25.1 Å². The third-order valence-corrected chi connectivity index (χ3v) is 2.67. The van der Waals surface area contributed by atoms with Gasteiger partial charge in [0.1, 0.15) is 11.5 Å². The van der Waals surface area contributed by atoms with Crippen LogP contribution in [0.4, 0.5) is 0 Å². The molecule has 1 heterocycles. The lowest BCUT2D eigenvalue weighted by molar-refractivity contribution is 0.318. The number of benzene rings is 1. The van der Waals surface area contributed by atoms with E-state index < -0.39 is 0 Å². The van der Waals surface area contributed by atoms with Gasteiger partial charge in [-0.05, 0) is 25.1 Å². The molecule has 1 aromatic rings. The molecule has 2 atom stereocenters. The third-order valence-electron chi connectivity index (χ3n) is 2.67. The van der Waals surface area contributed by atoms with Crippen LogP contribution in [0.5, 0.6) is 11.5 Å². The predicted octanol–water partition coefficient (Wildman–Crippen LogP) is 1.52. The molecule has 0 aliphatic carbocycles. The molecule has 0 spiro atoms. The summed E-state index contributed by atoms with van der Waals surface area (Å²) in [6, 6.07) is 5.97. The largest absolute Gasteiger partial charge is 0.497 e. The average molecular weight is 193 g/mol. The Bertz CT molecular complexity index is 336. The first-order chi connectivity index (χ1) is 6.72. The van der Waals surface area contributed by atoms with Gasteiger partial charge in [0.25, 0.3) is 0 Å². The van der Waals surface area contributed by atoms with E-state index >= 15 is 0 Å². The second-order valence-electron chi connectivity index (χ2n) is 3.68. The summed E-state index contributed by atoms with van der Waals surface area (Å²) in [4.78, 5) is 0. The van der Waals surface area contributed by atoms with Crippen LogP contribution in [0.2, 0.25) is 0 Å². The summed E-state index contributed by atoms with van der Waals surface area (Å²) in [5.74, 6) is 2.09. The lowest BCUT2D eigenvalue weighted by Crippen LogP contribution is -2.25. The van der Waals surface area contributed by atoms with Crippen molar-refractivity contribution in [3.63, 3.8) is 0 Å². The fourth-order valence-corrected chi connectivity index (χ4v) is 1.78. The van der Waals surface area contributed by atoms with Gasteiger partial charge >= 0.3 is 0 Å². The van der Waals surface area contributed by atoms with Crippen LogP contribution in [0.3, 0.4) is 0 Å². The second kappa shape index (κ2) is 3.50. The van der Waals surface area contributed by atoms with E-state index in [0.29, 0.717) is 12.5 Å². The van der Waals surface area contributed by atoms with Crippen LogP contribution in [0.1, 0.15) is 18.4 Å². The van der Waals surface area contributed by atoms with Crippen LogP contribution in [0, 0.1) is 0 Å². The smallest absolute Gasteiger partial charge is 0.123 e. The van der Waals surface area contributed by atoms with Crippen molar-refractivity contribution >= 4 is 0 Å². The molecule has 0 aromatic heterocycles. The minimum absolute atomic E-state index is 0.114. The monoisotopic (exact) mass is 193 g/mol. The average Bonchev–Trinajstić information content (AvgIpc) is 2.59. The first kappa shape index (κ1) is 9.34. The lowest BCUT2D eigenvalue weighted by atomic mass is 9.95. The van der Waals surface area contributed by atoms with Gasteiger partial charge in [-0.3, -0.25) is 0 Å². The topological polar surface area (TPSA) is 44.5 Å². The minimum Gasteiger partial charge on any atom is -0.497 e. The molecule has 1 aliphatic rings. The Kier molecular flexibility index (Phi) is 2.33. The molecule has 2 rings (SSSR count). The van der Waals surface area contributed by atoms with E-state index in [9.17, 15) is 0 Å². The zero-order valence-electron chi connectivity index (χ0n) is 8.49. The van der Waals surface area contributed by atoms with E-state index in [-0.39, 0.29) is 6.04 Å². The van der Waals surface area contributed by atoms with Crippen molar-refractivity contribution in [1.29, 1.82) is 0 Å². The summed E-state index contributed by atoms with van der Waals surface area (Å²) >= 11 is 0. The molecule has 1 aromatic carbocycles. The van der Waals surface area contributed by atoms with Crippen molar-refractivity contribution < 1.29 is 9.47 Å². The first-order valence-corrected chi connectivity index (χ1v) is 4.78. The summed E-state index contributed by atoms with van der Waals surface area (Å²) in [7, 11) is 1.67. The van der Waals surface area contributed by atoms with Crippen LogP contribution in [0.25, 0.3) is 0 Å². The standard InChI is InChI=1S/C11H15NO2/c1-7(12)10-6-14-11-4-3-8(13-2)5-9(10)11/h3-5,7,10H,6,12H2,1-2H3. The normalized spacial score (nSPS) is 21.2. The molecule has 2 unspecified atom stereocenters. The Hall–Kier alpha value is -1.22. The van der Waals surface area contributed by atoms with Crippen molar-refractivity contribution in [2.45, 2.75) is 18.9 Å². The van der Waals surface area contributed by atoms with Crippen LogP contribution in [0.15, 0.2) is 18.2 Å². The van der Waals surface area contributed by atoms with E-state index in [4.69, 9.17) is 15.2 Å². The van der Waals surface area contributed by atoms with Gasteiger partial charge in [-0.25, -0.2) is 0 Å². The highest BCUT2D eigenvalue weighted by Crippen LogP contribution is 2.37. The van der Waals surface area contributed by atoms with E-state index in [2.05, 4.69) is 0 Å². The van der Waals surface area contributed by atoms with Gasteiger partial charge in [-0.15, -0.1) is 0 Å². The first-order valence-electron chi connectivity index (χ1n) is 4.78. The second-order valence-corrected chi connectivity index (χ2v) is 3.68. The minimum atomic E-state index is 0.114. The van der Waals surface area contributed by atoms with Gasteiger partial charge < -0.3 is 15.2 Å². The highest BCUT2D eigenvalue weighted by Gasteiger charge is 2.27. The molecule has 3 nitrogen and oxygen atoms in total. The highest BCUT2D eigenvalue weighted by atomic mass is 16.5. The Balaban J connectivity index is 2.37. The number of fused-ring (bicyclic) bond motifs is 1. The van der Waals surface area contributed by atoms with Crippen molar-refractivity contribution in [3.8, 4) is 11.5 Å². The van der Waals surface area contributed by atoms with Crippen molar-refractivity contribution in [2.75, 3.05) is 13.7 Å². The zero-order chi connectivity index (χ0) is 10.1. The van der Waals surface area contributed by atoms with Gasteiger partial charge in [0.15, 0.2) is 0 Å². The zero-order valence-corrected chi connectivity index (χ0v) is 8.49. The molecule has 76 valence electrons. The predicted molar refractivity (Wildman–Crippen MR) is 54.9 cm³/mol. The lowest BCUT2D eigenvalue weighted by Gasteiger charge is -2.13. The summed E-state index contributed by atoms with van der Waals surface area (Å²) in [6.45, 7) is 2.68. The van der Waals surface area contributed by atoms with Gasteiger partial charge in [0.2, 0.25) is 0 Å². The van der Waals surface area contributed by atoms with E-state index in [0.717, 1.165) is 11.5 Å². The number of rotatable bonds is 2. The number of ether oxygens (including phenoxy) is 2. The van der Waals surface area contributed by atoms with Gasteiger partial charge in [-0.2, -0.15) is 0 Å². The van der Waals surface area contributed by atoms with Crippen molar-refractivity contribution in [3.05, 3.63) is 23.8 Å². The Morgan fingerprint density at radius 2 is 2.36 bits per heavy atom. The molecule has 0 radical (unpaired) electrons. The van der Waals surface area contributed by atoms with Crippen LogP contribution < -0.4 is 15.2 Å². The summed E-state index contributed by atoms with van der Waals surface area (Å²) < 4.78 is 10.7. The number of hydrogen-bond acceptors (Lipinski definition) is 3. The summed E-state index contributed by atoms with van der Waals surface area (Å²) in [6.07, 6.45) is 0. The van der Waals surface area contributed by atoms with Crippen LogP contribution >= 0.6 is 0 Å². The van der Waals surface area contributed by atoms with Gasteiger partial charge in [0.05, 0.1) is 13.7 Å². The third kappa shape index (κ3) is 1.44. The summed E-state index contributed by atoms with van der Waals surface area (Å²) in [5, 5.41) is 0. The highest BCUT2D eigenvalue weighted by molar-refractivity contribution is 5.45. The molecular weight excluding hydrogens is 178 g/mol. The molecule has 0 amide bonds. The molecule has 0 bridgehead atoms. The van der Waals surface area contributed by atoms with Crippen molar-refractivity contribution in [1.82, 2.24) is 0 Å². The number of nitrogens with two attached hydrogens (primary N) is 1. The quantitative estimate of drug-likeness (QED) is 0.774. The van der Waals surface area contributed by atoms with Crippen molar-refractivity contribution in [2.24, 2.45) is 5.73 Å². The van der Waals surface area contributed by atoms with Gasteiger partial charge in [0, 0.05) is 17.5 Å². The number of methoxy groups -OCH3 is 1. The van der Waals surface area contributed by atoms with Crippen LogP contribution in [-0.4, -0.2) is 19.8 Å². The molecule has 3 heteroatoms. The Morgan fingerprint density at radius 1 is 1.57 bits per heavy atom. The molecule has 2 N–H and O–H groups in total. The van der Waals surface area contributed by atoms with E-state index in [1.54, 1.807) is 7.11 Å². The summed E-state index contributed by atoms with van der Waals surface area (Å²) in [5.41, 5.74) is 7.05. The van der Waals surface area contributed by atoms with Crippen LogP contribution in [-0.2, 0) is 0 Å². The maximum Gasteiger partial charge on any atom is 0.123 e. The van der Waals surface area contributed by atoms with E-state index in [1.165, 1.54) is 5.56 Å². The molecule has 0 saturated heterocycles. The fraction of sp³-hybridized carbons (Fsp3) is 0.455. The molecule has 1 aliphatic heterocycles. The van der Waals surface area contributed by atoms with Gasteiger partial charge in [-0.1, -0.05) is 0 Å². The Labute approximate surface area is 83.8 Å². The fourth-order valence-electron chi connectivity index (χ4n) is 1.78. The number of hydrogen-bond donors (Lipinski definition) is 1. The molecule has 14 heavy (non-hydrogen) atoms. The Morgan fingerprint density at radius 3 is 3.00 bits per heavy atom. The molecule has 0 fully saturated rings. The molecular formula is C11H15NO2. The SMILES string of the molecule is COc1ccc2c(c1)C(C(C)N)CO2. The molecule has 0 saturated carbocycles. The maximum absolute atomic E-state index is 5.88. The maximum atomic E-state index is 5.88.